The summed E-state index contributed by atoms with van der Waals surface area (Å²) in [4.78, 5) is 22.6. The summed E-state index contributed by atoms with van der Waals surface area (Å²) in [6, 6.07) is 2.94. The van der Waals surface area contributed by atoms with E-state index in [4.69, 9.17) is 5.11 Å². The van der Waals surface area contributed by atoms with Gasteiger partial charge in [-0.2, -0.15) is 13.2 Å². The number of rotatable bonds is 4. The number of aliphatic carboxylic acids is 1. The standard InChI is InChI=1S/C12H11F4NO3/c1-7-4-8(13)2-3-9(7)11(20)17(5-10(18)19)6-12(14,15)16/h2-4H,5-6H2,1H3,(H,18,19). The van der Waals surface area contributed by atoms with Crippen LogP contribution in [0.5, 0.6) is 0 Å². The highest BCUT2D eigenvalue weighted by molar-refractivity contribution is 5.97. The van der Waals surface area contributed by atoms with E-state index in [0.717, 1.165) is 18.2 Å². The number of amides is 1. The summed E-state index contributed by atoms with van der Waals surface area (Å²) in [5.74, 6) is -3.32. The van der Waals surface area contributed by atoms with Crippen molar-refractivity contribution >= 4 is 11.9 Å². The molecule has 1 N–H and O–H groups in total. The third-order valence-electron chi connectivity index (χ3n) is 2.40. The van der Waals surface area contributed by atoms with Crippen molar-refractivity contribution in [1.29, 1.82) is 0 Å². The molecule has 0 saturated heterocycles. The van der Waals surface area contributed by atoms with Gasteiger partial charge in [0.15, 0.2) is 0 Å². The second kappa shape index (κ2) is 5.89. The first-order chi connectivity index (χ1) is 9.10. The van der Waals surface area contributed by atoms with Crippen molar-refractivity contribution in [2.75, 3.05) is 13.1 Å². The van der Waals surface area contributed by atoms with E-state index in [9.17, 15) is 27.2 Å². The first kappa shape index (κ1) is 15.9. The van der Waals surface area contributed by atoms with E-state index in [1.165, 1.54) is 6.92 Å². The molecule has 1 aromatic rings. The smallest absolute Gasteiger partial charge is 0.406 e. The molecule has 0 saturated carbocycles. The Labute approximate surface area is 111 Å². The van der Waals surface area contributed by atoms with E-state index < -0.39 is 37.0 Å². The summed E-state index contributed by atoms with van der Waals surface area (Å²) in [5, 5.41) is 8.57. The minimum Gasteiger partial charge on any atom is -0.480 e. The van der Waals surface area contributed by atoms with Crippen molar-refractivity contribution in [1.82, 2.24) is 4.90 Å². The number of nitrogens with zero attached hydrogens (tertiary/aromatic N) is 1. The maximum Gasteiger partial charge on any atom is 0.406 e. The van der Waals surface area contributed by atoms with Crippen LogP contribution >= 0.6 is 0 Å². The average molecular weight is 293 g/mol. The van der Waals surface area contributed by atoms with Crippen molar-refractivity contribution in [3.63, 3.8) is 0 Å². The zero-order valence-electron chi connectivity index (χ0n) is 10.4. The Bertz CT molecular complexity index is 528. The maximum atomic E-state index is 12.9. The van der Waals surface area contributed by atoms with E-state index >= 15 is 0 Å². The number of halogens is 4. The van der Waals surface area contributed by atoms with E-state index in [0.29, 0.717) is 0 Å². The van der Waals surface area contributed by atoms with Crippen LogP contribution in [0.1, 0.15) is 15.9 Å². The average Bonchev–Trinajstić information content (AvgIpc) is 2.24. The SMILES string of the molecule is Cc1cc(F)ccc1C(=O)N(CC(=O)O)CC(F)(F)F. The van der Waals surface area contributed by atoms with Crippen LogP contribution < -0.4 is 0 Å². The number of aryl methyl sites for hydroxylation is 1. The van der Waals surface area contributed by atoms with E-state index in [1.54, 1.807) is 0 Å². The Morgan fingerprint density at radius 1 is 1.30 bits per heavy atom. The minimum atomic E-state index is -4.72. The van der Waals surface area contributed by atoms with Gasteiger partial charge in [0.25, 0.3) is 5.91 Å². The van der Waals surface area contributed by atoms with Crippen LogP contribution in [0.15, 0.2) is 18.2 Å². The molecule has 0 bridgehead atoms. The number of carboxylic acids is 1. The van der Waals surface area contributed by atoms with Crippen molar-refractivity contribution in [3.8, 4) is 0 Å². The van der Waals surface area contributed by atoms with Crippen molar-refractivity contribution < 1.29 is 32.3 Å². The molecule has 0 aliphatic carbocycles. The number of carbonyl (C=O) groups excluding carboxylic acids is 1. The lowest BCUT2D eigenvalue weighted by Gasteiger charge is -2.22. The van der Waals surface area contributed by atoms with Crippen molar-refractivity contribution in [3.05, 3.63) is 35.1 Å². The maximum absolute atomic E-state index is 12.9. The Morgan fingerprint density at radius 3 is 2.35 bits per heavy atom. The molecule has 1 rings (SSSR count). The van der Waals surface area contributed by atoms with Gasteiger partial charge in [0.2, 0.25) is 0 Å². The van der Waals surface area contributed by atoms with Crippen molar-refractivity contribution in [2.45, 2.75) is 13.1 Å². The van der Waals surface area contributed by atoms with E-state index in [1.807, 2.05) is 0 Å². The summed E-state index contributed by atoms with van der Waals surface area (Å²) in [6.45, 7) is -1.42. The first-order valence-corrected chi connectivity index (χ1v) is 5.44. The van der Waals surface area contributed by atoms with Gasteiger partial charge in [0.1, 0.15) is 18.9 Å². The lowest BCUT2D eigenvalue weighted by Crippen LogP contribution is -2.42. The fourth-order valence-corrected chi connectivity index (χ4v) is 1.62. The van der Waals surface area contributed by atoms with Gasteiger partial charge in [-0.1, -0.05) is 0 Å². The van der Waals surface area contributed by atoms with Gasteiger partial charge in [-0.3, -0.25) is 9.59 Å². The first-order valence-electron chi connectivity index (χ1n) is 5.44. The topological polar surface area (TPSA) is 57.6 Å². The van der Waals surface area contributed by atoms with E-state index in [-0.39, 0.29) is 16.0 Å². The summed E-state index contributed by atoms with van der Waals surface area (Å²) in [7, 11) is 0. The normalized spacial score (nSPS) is 11.2. The molecule has 0 atom stereocenters. The van der Waals surface area contributed by atoms with Gasteiger partial charge >= 0.3 is 12.1 Å². The molecule has 0 unspecified atom stereocenters. The molecule has 0 radical (unpaired) electrons. The lowest BCUT2D eigenvalue weighted by molar-refractivity contribution is -0.149. The molecule has 1 aromatic carbocycles. The quantitative estimate of drug-likeness (QED) is 0.866. The number of carboxylic acid groups (broad SMARTS) is 1. The molecule has 0 aromatic heterocycles. The van der Waals surface area contributed by atoms with Crippen molar-refractivity contribution in [2.24, 2.45) is 0 Å². The van der Waals surface area contributed by atoms with Gasteiger partial charge < -0.3 is 10.0 Å². The summed E-state index contributed by atoms with van der Waals surface area (Å²) in [5.41, 5.74) is -0.0375. The lowest BCUT2D eigenvalue weighted by atomic mass is 10.1. The molecule has 0 spiro atoms. The number of benzene rings is 1. The summed E-state index contributed by atoms with van der Waals surface area (Å²) in [6.07, 6.45) is -4.72. The van der Waals surface area contributed by atoms with Gasteiger partial charge in [0, 0.05) is 5.56 Å². The van der Waals surface area contributed by atoms with Gasteiger partial charge in [-0.15, -0.1) is 0 Å². The van der Waals surface area contributed by atoms with Crippen LogP contribution in [0.2, 0.25) is 0 Å². The second-order valence-corrected chi connectivity index (χ2v) is 4.13. The minimum absolute atomic E-state index is 0.132. The Morgan fingerprint density at radius 2 is 1.90 bits per heavy atom. The summed E-state index contributed by atoms with van der Waals surface area (Å²) < 4.78 is 49.9. The molecule has 8 heteroatoms. The molecule has 0 aliphatic rings. The van der Waals surface area contributed by atoms with E-state index in [2.05, 4.69) is 0 Å². The van der Waals surface area contributed by atoms with Crippen LogP contribution in [-0.2, 0) is 4.79 Å². The molecule has 0 aliphatic heterocycles. The Hall–Kier alpha value is -2.12. The molecular formula is C12H11F4NO3. The third kappa shape index (κ3) is 4.52. The summed E-state index contributed by atoms with van der Waals surface area (Å²) >= 11 is 0. The highest BCUT2D eigenvalue weighted by Crippen LogP contribution is 2.19. The molecule has 20 heavy (non-hydrogen) atoms. The number of carbonyl (C=O) groups is 2. The molecule has 0 fully saturated rings. The number of alkyl halides is 3. The number of hydrogen-bond acceptors (Lipinski definition) is 2. The molecule has 1 amide bonds. The van der Waals surface area contributed by atoms with Crippen LogP contribution in [0.4, 0.5) is 17.6 Å². The molecular weight excluding hydrogens is 282 g/mol. The molecule has 110 valence electrons. The van der Waals surface area contributed by atoms with Crippen LogP contribution in [-0.4, -0.2) is 41.1 Å². The fraction of sp³-hybridized carbons (Fsp3) is 0.333. The predicted molar refractivity (Wildman–Crippen MR) is 60.7 cm³/mol. The Balaban J connectivity index is 3.06. The van der Waals surface area contributed by atoms with Gasteiger partial charge in [0.05, 0.1) is 0 Å². The highest BCUT2D eigenvalue weighted by atomic mass is 19.4. The fourth-order valence-electron chi connectivity index (χ4n) is 1.62. The predicted octanol–water partition coefficient (Wildman–Crippen LogP) is 2.22. The molecule has 0 heterocycles. The second-order valence-electron chi connectivity index (χ2n) is 4.13. The van der Waals surface area contributed by atoms with Gasteiger partial charge in [-0.05, 0) is 30.7 Å². The zero-order chi connectivity index (χ0) is 15.5. The number of hydrogen-bond donors (Lipinski definition) is 1. The molecule has 4 nitrogen and oxygen atoms in total. The van der Waals surface area contributed by atoms with Gasteiger partial charge in [-0.25, -0.2) is 4.39 Å². The van der Waals surface area contributed by atoms with Crippen LogP contribution in [0.25, 0.3) is 0 Å². The third-order valence-corrected chi connectivity index (χ3v) is 2.40. The largest absolute Gasteiger partial charge is 0.480 e. The highest BCUT2D eigenvalue weighted by Gasteiger charge is 2.34. The monoisotopic (exact) mass is 293 g/mol. The Kier molecular flexibility index (Phi) is 4.69. The van der Waals surface area contributed by atoms with Crippen LogP contribution in [0.3, 0.4) is 0 Å². The zero-order valence-corrected chi connectivity index (χ0v) is 10.4. The van der Waals surface area contributed by atoms with Crippen LogP contribution in [0, 0.1) is 12.7 Å².